The number of carbonyl (C=O) groups excluding carboxylic acids is 3. The number of amides is 1. The van der Waals surface area contributed by atoms with E-state index in [1.54, 1.807) is 12.3 Å². The van der Waals surface area contributed by atoms with Crippen molar-refractivity contribution in [3.63, 3.8) is 0 Å². The molecule has 5 N–H and O–H groups in total. The van der Waals surface area contributed by atoms with Gasteiger partial charge in [0.15, 0.2) is 11.4 Å². The molecule has 1 heterocycles. The standard InChI is InChI=1S/C18H16N2O6/c19-17(25)13-11(21)5-9-4-8-3-7-1-2-20-6-10(7)14(22)12(8)15(23)18(9,26)16(13)24/h1-2,6,8-9,22,24,26H,3-5H2,(H2,19,25)/t8-,9-,18-/m0/s1. The molecule has 1 aromatic heterocycles. The topological polar surface area (TPSA) is 151 Å². The maximum Gasteiger partial charge on any atom is 0.255 e. The van der Waals surface area contributed by atoms with Crippen LogP contribution in [-0.4, -0.2) is 43.4 Å². The van der Waals surface area contributed by atoms with Crippen molar-refractivity contribution >= 4 is 23.2 Å². The van der Waals surface area contributed by atoms with Crippen molar-refractivity contribution in [1.29, 1.82) is 0 Å². The van der Waals surface area contributed by atoms with Gasteiger partial charge >= 0.3 is 0 Å². The molecule has 4 rings (SSSR count). The van der Waals surface area contributed by atoms with Crippen LogP contribution < -0.4 is 5.73 Å². The summed E-state index contributed by atoms with van der Waals surface area (Å²) in [7, 11) is 0. The number of nitrogens with two attached hydrogens (primary N) is 1. The van der Waals surface area contributed by atoms with Gasteiger partial charge in [-0.2, -0.15) is 0 Å². The summed E-state index contributed by atoms with van der Waals surface area (Å²) in [4.78, 5) is 40.7. The summed E-state index contributed by atoms with van der Waals surface area (Å²) in [5.74, 6) is -5.43. The fraction of sp³-hybridized carbons (Fsp3) is 0.333. The third-order valence-corrected chi connectivity index (χ3v) is 5.60. The second kappa shape index (κ2) is 5.25. The Balaban J connectivity index is 1.92. The second-order valence-corrected chi connectivity index (χ2v) is 6.94. The highest BCUT2D eigenvalue weighted by Gasteiger charge is 2.60. The van der Waals surface area contributed by atoms with Crippen molar-refractivity contribution in [2.24, 2.45) is 17.6 Å². The fourth-order valence-corrected chi connectivity index (χ4v) is 4.35. The number of fused-ring (bicyclic) bond motifs is 3. The van der Waals surface area contributed by atoms with E-state index in [4.69, 9.17) is 5.73 Å². The number of primary amides is 1. The third-order valence-electron chi connectivity index (χ3n) is 5.60. The van der Waals surface area contributed by atoms with Crippen LogP contribution in [0.3, 0.4) is 0 Å². The van der Waals surface area contributed by atoms with E-state index in [1.165, 1.54) is 6.20 Å². The van der Waals surface area contributed by atoms with E-state index in [2.05, 4.69) is 4.98 Å². The molecule has 1 amide bonds. The molecule has 0 aliphatic heterocycles. The Morgan fingerprint density at radius 3 is 2.69 bits per heavy atom. The van der Waals surface area contributed by atoms with Crippen molar-refractivity contribution in [2.75, 3.05) is 0 Å². The van der Waals surface area contributed by atoms with E-state index in [9.17, 15) is 29.7 Å². The first kappa shape index (κ1) is 16.5. The Hall–Kier alpha value is -3.00. The van der Waals surface area contributed by atoms with Crippen molar-refractivity contribution in [1.82, 2.24) is 4.98 Å². The summed E-state index contributed by atoms with van der Waals surface area (Å²) >= 11 is 0. The van der Waals surface area contributed by atoms with Crippen molar-refractivity contribution in [2.45, 2.75) is 24.9 Å². The maximum atomic E-state index is 13.1. The molecule has 3 atom stereocenters. The highest BCUT2D eigenvalue weighted by Crippen LogP contribution is 2.50. The lowest BCUT2D eigenvalue weighted by atomic mass is 9.59. The quantitative estimate of drug-likeness (QED) is 0.521. The van der Waals surface area contributed by atoms with Gasteiger partial charge in [-0.05, 0) is 30.4 Å². The van der Waals surface area contributed by atoms with Crippen LogP contribution in [0, 0.1) is 11.8 Å². The van der Waals surface area contributed by atoms with Gasteiger partial charge in [0, 0.05) is 35.9 Å². The smallest absolute Gasteiger partial charge is 0.255 e. The molecular weight excluding hydrogens is 340 g/mol. The van der Waals surface area contributed by atoms with Gasteiger partial charge in [0.2, 0.25) is 5.78 Å². The summed E-state index contributed by atoms with van der Waals surface area (Å²) in [6, 6.07) is 1.74. The van der Waals surface area contributed by atoms with Crippen LogP contribution in [-0.2, 0) is 20.8 Å². The number of rotatable bonds is 1. The number of hydrogen-bond acceptors (Lipinski definition) is 7. The largest absolute Gasteiger partial charge is 0.508 e. The van der Waals surface area contributed by atoms with E-state index in [0.29, 0.717) is 12.0 Å². The molecule has 8 nitrogen and oxygen atoms in total. The lowest BCUT2D eigenvalue weighted by Gasteiger charge is -2.45. The summed E-state index contributed by atoms with van der Waals surface area (Å²) in [5, 5.41) is 32.0. The number of Topliss-reactive ketones (excluding diaryl/α,β-unsaturated/α-hetero) is 2. The predicted octanol–water partition coefficient (Wildman–Crippen LogP) is 0.113. The molecule has 8 heteroatoms. The first-order chi connectivity index (χ1) is 12.3. The number of carbonyl (C=O) groups is 3. The van der Waals surface area contributed by atoms with Gasteiger partial charge in [-0.1, -0.05) is 0 Å². The lowest BCUT2D eigenvalue weighted by Crippen LogP contribution is -2.58. The molecule has 0 unspecified atom stereocenters. The van der Waals surface area contributed by atoms with Gasteiger partial charge in [-0.15, -0.1) is 0 Å². The zero-order valence-corrected chi connectivity index (χ0v) is 13.6. The first-order valence-corrected chi connectivity index (χ1v) is 8.17. The van der Waals surface area contributed by atoms with E-state index >= 15 is 0 Å². The zero-order valence-electron chi connectivity index (χ0n) is 13.6. The third kappa shape index (κ3) is 1.93. The molecule has 26 heavy (non-hydrogen) atoms. The number of ketones is 2. The maximum absolute atomic E-state index is 13.1. The van der Waals surface area contributed by atoms with Crippen molar-refractivity contribution in [3.05, 3.63) is 46.5 Å². The minimum atomic E-state index is -2.45. The van der Waals surface area contributed by atoms with Gasteiger partial charge in [-0.3, -0.25) is 19.4 Å². The number of aliphatic hydroxyl groups excluding tert-OH is 2. The van der Waals surface area contributed by atoms with Crippen LogP contribution >= 0.6 is 0 Å². The number of aromatic nitrogens is 1. The van der Waals surface area contributed by atoms with E-state index in [-0.39, 0.29) is 24.2 Å². The normalized spacial score (nSPS) is 30.7. The van der Waals surface area contributed by atoms with Crippen LogP contribution in [0.4, 0.5) is 0 Å². The lowest BCUT2D eigenvalue weighted by molar-refractivity contribution is -0.147. The van der Waals surface area contributed by atoms with E-state index < -0.39 is 46.2 Å². The second-order valence-electron chi connectivity index (χ2n) is 6.94. The molecule has 1 saturated carbocycles. The molecule has 0 bridgehead atoms. The van der Waals surface area contributed by atoms with Crippen LogP contribution in [0.15, 0.2) is 35.4 Å². The average Bonchev–Trinajstić information content (AvgIpc) is 2.58. The Morgan fingerprint density at radius 2 is 2.00 bits per heavy atom. The Kier molecular flexibility index (Phi) is 3.32. The van der Waals surface area contributed by atoms with Crippen LogP contribution in [0.25, 0.3) is 5.76 Å². The number of pyridine rings is 1. The Labute approximate surface area is 147 Å². The molecule has 0 aromatic carbocycles. The summed E-state index contributed by atoms with van der Waals surface area (Å²) in [6.45, 7) is 0. The average molecular weight is 356 g/mol. The molecule has 1 fully saturated rings. The van der Waals surface area contributed by atoms with Crippen molar-refractivity contribution in [3.8, 4) is 0 Å². The first-order valence-electron chi connectivity index (χ1n) is 8.17. The highest BCUT2D eigenvalue weighted by atomic mass is 16.3. The molecule has 1 aromatic rings. The van der Waals surface area contributed by atoms with E-state index in [0.717, 1.165) is 5.56 Å². The van der Waals surface area contributed by atoms with Crippen molar-refractivity contribution < 1.29 is 29.7 Å². The monoisotopic (exact) mass is 356 g/mol. The number of hydrogen-bond donors (Lipinski definition) is 4. The summed E-state index contributed by atoms with van der Waals surface area (Å²) in [5.41, 5.74) is 3.10. The minimum absolute atomic E-state index is 0.0195. The predicted molar refractivity (Wildman–Crippen MR) is 87.5 cm³/mol. The van der Waals surface area contributed by atoms with Gasteiger partial charge in [0.05, 0.1) is 0 Å². The fourth-order valence-electron chi connectivity index (χ4n) is 4.35. The SMILES string of the molecule is NC(=O)C1=C(O)[C@@]2(O)C(=O)C3=C(O)c4cnccc4C[C@H]3C[C@H]2CC1=O. The van der Waals surface area contributed by atoms with Gasteiger partial charge in [0.1, 0.15) is 17.1 Å². The highest BCUT2D eigenvalue weighted by molar-refractivity contribution is 6.22. The Morgan fingerprint density at radius 1 is 1.27 bits per heavy atom. The number of nitrogens with zero attached hydrogens (tertiary/aromatic N) is 1. The van der Waals surface area contributed by atoms with Crippen LogP contribution in [0.1, 0.15) is 24.0 Å². The minimum Gasteiger partial charge on any atom is -0.508 e. The molecule has 0 radical (unpaired) electrons. The molecule has 3 aliphatic carbocycles. The van der Waals surface area contributed by atoms with E-state index in [1.807, 2.05) is 0 Å². The molecule has 0 spiro atoms. The van der Waals surface area contributed by atoms with Crippen LogP contribution in [0.5, 0.6) is 0 Å². The van der Waals surface area contributed by atoms with Gasteiger partial charge in [0.25, 0.3) is 5.91 Å². The summed E-state index contributed by atoms with van der Waals surface area (Å²) in [6.07, 6.45) is 3.36. The summed E-state index contributed by atoms with van der Waals surface area (Å²) < 4.78 is 0. The molecule has 134 valence electrons. The Bertz CT molecular complexity index is 947. The van der Waals surface area contributed by atoms with Gasteiger partial charge in [-0.25, -0.2) is 0 Å². The molecule has 3 aliphatic rings. The van der Waals surface area contributed by atoms with Crippen LogP contribution in [0.2, 0.25) is 0 Å². The number of aliphatic hydroxyl groups is 3. The molecular formula is C18H16N2O6. The molecule has 0 saturated heterocycles. The van der Waals surface area contributed by atoms with Gasteiger partial charge < -0.3 is 21.1 Å². The zero-order chi connectivity index (χ0) is 18.8.